The summed E-state index contributed by atoms with van der Waals surface area (Å²) < 4.78 is 37.1. The van der Waals surface area contributed by atoms with Gasteiger partial charge in [-0.3, -0.25) is 9.59 Å². The molecule has 0 aliphatic heterocycles. The van der Waals surface area contributed by atoms with Gasteiger partial charge >= 0.3 is 0 Å². The first kappa shape index (κ1) is 20.2. The van der Waals surface area contributed by atoms with Gasteiger partial charge in [-0.1, -0.05) is 13.0 Å². The van der Waals surface area contributed by atoms with Gasteiger partial charge in [0.1, 0.15) is 11.6 Å². The number of nitrogens with one attached hydrogen (secondary N) is 2. The van der Waals surface area contributed by atoms with E-state index in [4.69, 9.17) is 9.47 Å². The van der Waals surface area contributed by atoms with E-state index in [1.54, 1.807) is 6.92 Å². The number of anilines is 1. The first-order chi connectivity index (χ1) is 12.9. The molecule has 0 unspecified atom stereocenters. The Morgan fingerprint density at radius 2 is 1.81 bits per heavy atom. The van der Waals surface area contributed by atoms with Crippen molar-refractivity contribution in [3.8, 4) is 11.5 Å². The average Bonchev–Trinajstić information content (AvgIpc) is 2.66. The summed E-state index contributed by atoms with van der Waals surface area (Å²) in [5, 5.41) is 5.19. The molecule has 0 aliphatic rings. The van der Waals surface area contributed by atoms with Gasteiger partial charge in [0.2, 0.25) is 5.91 Å². The van der Waals surface area contributed by atoms with Crippen molar-refractivity contribution < 1.29 is 27.8 Å². The molecule has 0 fully saturated rings. The molecule has 2 N–H and O–H groups in total. The molecule has 0 atom stereocenters. The van der Waals surface area contributed by atoms with Gasteiger partial charge in [0, 0.05) is 30.2 Å². The van der Waals surface area contributed by atoms with Crippen molar-refractivity contribution in [2.75, 3.05) is 19.5 Å². The van der Waals surface area contributed by atoms with Crippen molar-refractivity contribution in [2.45, 2.75) is 19.9 Å². The van der Waals surface area contributed by atoms with Gasteiger partial charge in [0.25, 0.3) is 5.91 Å². The molecule has 0 aromatic heterocycles. The minimum atomic E-state index is -0.751. The van der Waals surface area contributed by atoms with Crippen LogP contribution >= 0.6 is 0 Å². The molecule has 144 valence electrons. The summed E-state index contributed by atoms with van der Waals surface area (Å²) in [5.74, 6) is -1.70. The van der Waals surface area contributed by atoms with E-state index in [9.17, 15) is 18.4 Å². The molecular weight excluding hydrogens is 358 g/mol. The Morgan fingerprint density at radius 1 is 1.07 bits per heavy atom. The van der Waals surface area contributed by atoms with Crippen LogP contribution in [0.25, 0.3) is 0 Å². The van der Waals surface area contributed by atoms with Crippen LogP contribution in [0.1, 0.15) is 29.3 Å². The van der Waals surface area contributed by atoms with E-state index in [2.05, 4.69) is 10.6 Å². The molecule has 0 heterocycles. The fourth-order valence-electron chi connectivity index (χ4n) is 2.37. The topological polar surface area (TPSA) is 76.7 Å². The SMILES string of the molecule is CCC(=O)Nc1cc(C(=O)NCc2ccc(F)cc2F)cc(OC)c1OC. The third-order valence-corrected chi connectivity index (χ3v) is 3.79. The lowest BCUT2D eigenvalue weighted by Crippen LogP contribution is -2.24. The van der Waals surface area contributed by atoms with Crippen LogP contribution in [0.4, 0.5) is 14.5 Å². The first-order valence-corrected chi connectivity index (χ1v) is 8.17. The lowest BCUT2D eigenvalue weighted by atomic mass is 10.1. The second-order valence-corrected chi connectivity index (χ2v) is 5.58. The van der Waals surface area contributed by atoms with E-state index >= 15 is 0 Å². The number of amides is 2. The zero-order chi connectivity index (χ0) is 20.0. The average molecular weight is 378 g/mol. The third kappa shape index (κ3) is 4.93. The summed E-state index contributed by atoms with van der Waals surface area (Å²) in [5.41, 5.74) is 0.605. The minimum Gasteiger partial charge on any atom is -0.493 e. The molecular formula is C19H20F2N2O4. The van der Waals surface area contributed by atoms with Crippen LogP contribution in [0.15, 0.2) is 30.3 Å². The summed E-state index contributed by atoms with van der Waals surface area (Å²) in [6.07, 6.45) is 0.242. The summed E-state index contributed by atoms with van der Waals surface area (Å²) >= 11 is 0. The van der Waals surface area contributed by atoms with E-state index in [1.807, 2.05) is 0 Å². The summed E-state index contributed by atoms with van der Waals surface area (Å²) in [4.78, 5) is 24.2. The van der Waals surface area contributed by atoms with Gasteiger partial charge in [-0.25, -0.2) is 8.78 Å². The van der Waals surface area contributed by atoms with Gasteiger partial charge in [0.15, 0.2) is 11.5 Å². The quantitative estimate of drug-likeness (QED) is 0.775. The Hall–Kier alpha value is -3.16. The number of halogens is 2. The van der Waals surface area contributed by atoms with E-state index in [0.29, 0.717) is 0 Å². The number of benzene rings is 2. The predicted molar refractivity (Wildman–Crippen MR) is 96.0 cm³/mol. The molecule has 2 amide bonds. The smallest absolute Gasteiger partial charge is 0.251 e. The summed E-state index contributed by atoms with van der Waals surface area (Å²) in [7, 11) is 2.81. The van der Waals surface area contributed by atoms with Gasteiger partial charge in [-0.15, -0.1) is 0 Å². The Morgan fingerprint density at radius 3 is 2.41 bits per heavy atom. The fraction of sp³-hybridized carbons (Fsp3) is 0.263. The Bertz CT molecular complexity index is 856. The Labute approximate surface area is 155 Å². The number of ether oxygens (including phenoxy) is 2. The molecule has 0 spiro atoms. The van der Waals surface area contributed by atoms with Crippen molar-refractivity contribution in [2.24, 2.45) is 0 Å². The second kappa shape index (κ2) is 8.98. The molecule has 0 radical (unpaired) electrons. The van der Waals surface area contributed by atoms with Crippen molar-refractivity contribution in [3.05, 3.63) is 53.1 Å². The lowest BCUT2D eigenvalue weighted by molar-refractivity contribution is -0.115. The Balaban J connectivity index is 2.26. The van der Waals surface area contributed by atoms with Crippen molar-refractivity contribution in [1.29, 1.82) is 0 Å². The number of rotatable bonds is 7. The zero-order valence-electron chi connectivity index (χ0n) is 15.2. The molecule has 8 heteroatoms. The minimum absolute atomic E-state index is 0.129. The molecule has 0 saturated heterocycles. The van der Waals surface area contributed by atoms with Gasteiger partial charge in [-0.2, -0.15) is 0 Å². The molecule has 0 aliphatic carbocycles. The van der Waals surface area contributed by atoms with Crippen molar-refractivity contribution in [1.82, 2.24) is 5.32 Å². The molecule has 2 aromatic carbocycles. The maximum absolute atomic E-state index is 13.7. The van der Waals surface area contributed by atoms with Crippen LogP contribution in [-0.4, -0.2) is 26.0 Å². The number of carbonyl (C=O) groups excluding carboxylic acids is 2. The molecule has 2 rings (SSSR count). The zero-order valence-corrected chi connectivity index (χ0v) is 15.2. The number of hydrogen-bond acceptors (Lipinski definition) is 4. The van der Waals surface area contributed by atoms with E-state index in [-0.39, 0.29) is 47.2 Å². The first-order valence-electron chi connectivity index (χ1n) is 8.17. The van der Waals surface area contributed by atoms with E-state index < -0.39 is 17.5 Å². The highest BCUT2D eigenvalue weighted by atomic mass is 19.1. The van der Waals surface area contributed by atoms with Crippen LogP contribution in [0.3, 0.4) is 0 Å². The Kier molecular flexibility index (Phi) is 6.70. The van der Waals surface area contributed by atoms with Crippen LogP contribution in [0.5, 0.6) is 11.5 Å². The third-order valence-electron chi connectivity index (χ3n) is 3.79. The van der Waals surface area contributed by atoms with Crippen LogP contribution in [0, 0.1) is 11.6 Å². The molecule has 2 aromatic rings. The molecule has 6 nitrogen and oxygen atoms in total. The monoisotopic (exact) mass is 378 g/mol. The van der Waals surface area contributed by atoms with E-state index in [1.165, 1.54) is 32.4 Å². The lowest BCUT2D eigenvalue weighted by Gasteiger charge is -2.15. The number of hydrogen-bond donors (Lipinski definition) is 2. The molecule has 0 bridgehead atoms. The summed E-state index contributed by atoms with van der Waals surface area (Å²) in [6.45, 7) is 1.56. The number of methoxy groups -OCH3 is 2. The van der Waals surface area contributed by atoms with Crippen LogP contribution in [0.2, 0.25) is 0 Å². The summed E-state index contributed by atoms with van der Waals surface area (Å²) in [6, 6.07) is 5.99. The maximum atomic E-state index is 13.7. The highest BCUT2D eigenvalue weighted by molar-refractivity contribution is 5.99. The van der Waals surface area contributed by atoms with E-state index in [0.717, 1.165) is 12.1 Å². The van der Waals surface area contributed by atoms with Crippen molar-refractivity contribution in [3.63, 3.8) is 0 Å². The fourth-order valence-corrected chi connectivity index (χ4v) is 2.37. The highest BCUT2D eigenvalue weighted by Gasteiger charge is 2.18. The second-order valence-electron chi connectivity index (χ2n) is 5.58. The normalized spacial score (nSPS) is 10.3. The van der Waals surface area contributed by atoms with Gasteiger partial charge < -0.3 is 20.1 Å². The molecule has 0 saturated carbocycles. The van der Waals surface area contributed by atoms with Crippen LogP contribution in [-0.2, 0) is 11.3 Å². The number of carbonyl (C=O) groups is 2. The predicted octanol–water partition coefficient (Wildman–Crippen LogP) is 3.26. The van der Waals surface area contributed by atoms with Gasteiger partial charge in [0.05, 0.1) is 19.9 Å². The maximum Gasteiger partial charge on any atom is 0.251 e. The molecule has 27 heavy (non-hydrogen) atoms. The highest BCUT2D eigenvalue weighted by Crippen LogP contribution is 2.36. The van der Waals surface area contributed by atoms with Crippen LogP contribution < -0.4 is 20.1 Å². The standard InChI is InChI=1S/C19H20F2N2O4/c1-4-17(24)23-15-7-12(8-16(26-2)18(15)27-3)19(25)22-10-11-5-6-13(20)9-14(11)21/h5-9H,4,10H2,1-3H3,(H,22,25)(H,23,24). The van der Waals surface area contributed by atoms with Gasteiger partial charge in [-0.05, 0) is 18.2 Å². The van der Waals surface area contributed by atoms with Crippen molar-refractivity contribution >= 4 is 17.5 Å². The largest absolute Gasteiger partial charge is 0.493 e.